The molecule has 2 aromatic heterocycles. The van der Waals surface area contributed by atoms with Crippen LogP contribution in [0.4, 0.5) is 5.69 Å². The van der Waals surface area contributed by atoms with Crippen LogP contribution in [0.15, 0.2) is 75.0 Å². The van der Waals surface area contributed by atoms with Gasteiger partial charge in [0.1, 0.15) is 5.03 Å². The van der Waals surface area contributed by atoms with Crippen LogP contribution in [-0.2, 0) is 0 Å². The topological polar surface area (TPSA) is 29.7 Å². The van der Waals surface area contributed by atoms with Crippen molar-refractivity contribution in [1.29, 1.82) is 0 Å². The molecule has 0 aliphatic rings. The summed E-state index contributed by atoms with van der Waals surface area (Å²) in [5, 5.41) is 4.34. The van der Waals surface area contributed by atoms with Gasteiger partial charge in [0.2, 0.25) is 0 Å². The Balaban J connectivity index is 1.69. The minimum atomic E-state index is 0.697. The van der Waals surface area contributed by atoms with E-state index in [1.165, 1.54) is 0 Å². The molecule has 0 bridgehead atoms. The van der Waals surface area contributed by atoms with E-state index in [1.54, 1.807) is 23.1 Å². The number of nitrogens with zero attached hydrogens (tertiary/aromatic N) is 3. The Bertz CT molecular complexity index is 1030. The van der Waals surface area contributed by atoms with Gasteiger partial charge in [0.15, 0.2) is 4.96 Å². The number of imidazole rings is 1. The van der Waals surface area contributed by atoms with Gasteiger partial charge in [0, 0.05) is 26.5 Å². The van der Waals surface area contributed by atoms with Crippen molar-refractivity contribution in [3.8, 4) is 0 Å². The molecule has 7 heteroatoms. The fourth-order valence-corrected chi connectivity index (χ4v) is 4.17. The summed E-state index contributed by atoms with van der Waals surface area (Å²) in [5.41, 5.74) is 1.79. The second-order valence-electron chi connectivity index (χ2n) is 5.15. The highest BCUT2D eigenvalue weighted by atomic mass is 35.5. The van der Waals surface area contributed by atoms with E-state index in [0.717, 1.165) is 31.3 Å². The van der Waals surface area contributed by atoms with E-state index in [1.807, 2.05) is 70.7 Å². The molecule has 0 aliphatic carbocycles. The number of aliphatic imine (C=N–C) groups is 1. The highest BCUT2D eigenvalue weighted by Gasteiger charge is 2.13. The number of aromatic nitrogens is 2. The van der Waals surface area contributed by atoms with Gasteiger partial charge in [-0.25, -0.2) is 4.98 Å². The third kappa shape index (κ3) is 3.75. The quantitative estimate of drug-likeness (QED) is 0.359. The Morgan fingerprint density at radius 2 is 1.68 bits per heavy atom. The average molecular weight is 404 g/mol. The van der Waals surface area contributed by atoms with Crippen LogP contribution in [-0.4, -0.2) is 15.6 Å². The molecule has 124 valence electrons. The molecule has 2 aromatic carbocycles. The Morgan fingerprint density at radius 3 is 2.40 bits per heavy atom. The van der Waals surface area contributed by atoms with Crippen LogP contribution in [0, 0.1) is 0 Å². The molecule has 0 amide bonds. The number of fused-ring (bicyclic) bond motifs is 1. The maximum Gasteiger partial charge on any atom is 0.195 e. The fraction of sp³-hybridized carbons (Fsp3) is 0. The average Bonchev–Trinajstić information content (AvgIpc) is 3.18. The number of hydrogen-bond acceptors (Lipinski definition) is 4. The molecule has 2 heterocycles. The van der Waals surface area contributed by atoms with E-state index in [-0.39, 0.29) is 0 Å². The first-order chi connectivity index (χ1) is 12.2. The third-order valence-electron chi connectivity index (χ3n) is 3.46. The molecule has 0 aliphatic heterocycles. The van der Waals surface area contributed by atoms with Crippen LogP contribution in [0.1, 0.15) is 5.69 Å². The minimum absolute atomic E-state index is 0.697. The van der Waals surface area contributed by atoms with E-state index in [9.17, 15) is 0 Å². The second kappa shape index (κ2) is 7.22. The molecule has 4 aromatic rings. The maximum atomic E-state index is 5.96. The van der Waals surface area contributed by atoms with Crippen LogP contribution in [0.5, 0.6) is 0 Å². The van der Waals surface area contributed by atoms with Gasteiger partial charge in [-0.3, -0.25) is 9.39 Å². The summed E-state index contributed by atoms with van der Waals surface area (Å²) in [6, 6.07) is 15.2. The summed E-state index contributed by atoms with van der Waals surface area (Å²) in [6.07, 6.45) is 3.84. The normalized spacial score (nSPS) is 11.6. The molecule has 0 saturated heterocycles. The minimum Gasteiger partial charge on any atom is -0.288 e. The van der Waals surface area contributed by atoms with Crippen molar-refractivity contribution < 1.29 is 0 Å². The molecule has 0 radical (unpaired) electrons. The van der Waals surface area contributed by atoms with Crippen LogP contribution >= 0.6 is 46.3 Å². The lowest BCUT2D eigenvalue weighted by molar-refractivity contribution is 1.17. The maximum absolute atomic E-state index is 5.96. The third-order valence-corrected chi connectivity index (χ3v) is 5.72. The van der Waals surface area contributed by atoms with Crippen molar-refractivity contribution in [3.05, 3.63) is 75.8 Å². The molecule has 0 saturated carbocycles. The Hall–Kier alpha value is -1.79. The molecule has 0 unspecified atom stereocenters. The summed E-state index contributed by atoms with van der Waals surface area (Å²) in [6.45, 7) is 0. The van der Waals surface area contributed by atoms with E-state index >= 15 is 0 Å². The van der Waals surface area contributed by atoms with E-state index in [0.29, 0.717) is 5.02 Å². The molecule has 3 nitrogen and oxygen atoms in total. The van der Waals surface area contributed by atoms with E-state index < -0.39 is 0 Å². The van der Waals surface area contributed by atoms with Gasteiger partial charge < -0.3 is 0 Å². The molecule has 25 heavy (non-hydrogen) atoms. The standard InChI is InChI=1S/C18H11Cl2N3S2/c19-12-1-5-14(6-2-12)21-11-16-17(22-18-23(16)9-10-24-18)25-15-7-3-13(20)4-8-15/h1-11H. The predicted octanol–water partition coefficient (Wildman–Crippen LogP) is 6.60. The highest BCUT2D eigenvalue weighted by molar-refractivity contribution is 7.99. The monoisotopic (exact) mass is 403 g/mol. The number of halogens is 2. The zero-order valence-electron chi connectivity index (χ0n) is 12.8. The lowest BCUT2D eigenvalue weighted by Gasteiger charge is -2.01. The van der Waals surface area contributed by atoms with Crippen molar-refractivity contribution in [3.63, 3.8) is 0 Å². The van der Waals surface area contributed by atoms with Crippen LogP contribution in [0.3, 0.4) is 0 Å². The Morgan fingerprint density at radius 1 is 1.00 bits per heavy atom. The number of benzene rings is 2. The number of hydrogen-bond donors (Lipinski definition) is 0. The first-order valence-electron chi connectivity index (χ1n) is 7.38. The molecule has 0 spiro atoms. The van der Waals surface area contributed by atoms with E-state index in [4.69, 9.17) is 28.2 Å². The molecule has 0 fully saturated rings. The second-order valence-corrected chi connectivity index (χ2v) is 7.96. The van der Waals surface area contributed by atoms with Gasteiger partial charge in [-0.2, -0.15) is 0 Å². The summed E-state index contributed by atoms with van der Waals surface area (Å²) in [7, 11) is 0. The van der Waals surface area contributed by atoms with Crippen LogP contribution in [0.2, 0.25) is 10.0 Å². The number of rotatable bonds is 4. The van der Waals surface area contributed by atoms with Crippen molar-refractivity contribution in [2.45, 2.75) is 9.92 Å². The predicted molar refractivity (Wildman–Crippen MR) is 107 cm³/mol. The fourth-order valence-electron chi connectivity index (χ4n) is 2.25. The Labute approximate surface area is 163 Å². The molecule has 0 N–H and O–H groups in total. The number of thiazole rings is 1. The van der Waals surface area contributed by atoms with Crippen LogP contribution < -0.4 is 0 Å². The van der Waals surface area contributed by atoms with Crippen LogP contribution in [0.25, 0.3) is 4.96 Å². The Kier molecular flexibility index (Phi) is 4.81. The summed E-state index contributed by atoms with van der Waals surface area (Å²) >= 11 is 15.1. The summed E-state index contributed by atoms with van der Waals surface area (Å²) < 4.78 is 2.04. The summed E-state index contributed by atoms with van der Waals surface area (Å²) in [4.78, 5) is 11.3. The van der Waals surface area contributed by atoms with Crippen molar-refractivity contribution in [1.82, 2.24) is 9.38 Å². The largest absolute Gasteiger partial charge is 0.288 e. The van der Waals surface area contributed by atoms with Crippen molar-refractivity contribution in [2.75, 3.05) is 0 Å². The first-order valence-corrected chi connectivity index (χ1v) is 9.83. The zero-order chi connectivity index (χ0) is 17.2. The van der Waals surface area contributed by atoms with Gasteiger partial charge in [-0.1, -0.05) is 35.0 Å². The van der Waals surface area contributed by atoms with Crippen molar-refractivity contribution in [2.24, 2.45) is 4.99 Å². The first kappa shape index (κ1) is 16.7. The molecular formula is C18H11Cl2N3S2. The van der Waals surface area contributed by atoms with E-state index in [2.05, 4.69) is 4.99 Å². The molecule has 0 atom stereocenters. The van der Waals surface area contributed by atoms with Gasteiger partial charge in [0.05, 0.1) is 17.6 Å². The highest BCUT2D eigenvalue weighted by Crippen LogP contribution is 2.32. The van der Waals surface area contributed by atoms with Gasteiger partial charge in [-0.05, 0) is 48.5 Å². The lowest BCUT2D eigenvalue weighted by atomic mass is 10.3. The van der Waals surface area contributed by atoms with Crippen molar-refractivity contribution >= 4 is 63.2 Å². The molecular weight excluding hydrogens is 393 g/mol. The summed E-state index contributed by atoms with van der Waals surface area (Å²) in [5.74, 6) is 0. The van der Waals surface area contributed by atoms with Gasteiger partial charge in [-0.15, -0.1) is 11.3 Å². The lowest BCUT2D eigenvalue weighted by Crippen LogP contribution is -1.89. The SMILES string of the molecule is Clc1ccc(N=Cc2c(Sc3ccc(Cl)cc3)nc3sccn23)cc1. The van der Waals surface area contributed by atoms with Gasteiger partial charge >= 0.3 is 0 Å². The zero-order valence-corrected chi connectivity index (χ0v) is 15.9. The molecule has 4 rings (SSSR count). The van der Waals surface area contributed by atoms with Gasteiger partial charge in [0.25, 0.3) is 0 Å². The smallest absolute Gasteiger partial charge is 0.195 e.